The van der Waals surface area contributed by atoms with Crippen LogP contribution in [0.3, 0.4) is 0 Å². The minimum atomic E-state index is -0.323. The number of thioether (sulfide) groups is 1. The average Bonchev–Trinajstić information content (AvgIpc) is 3.10. The maximum absolute atomic E-state index is 12.3. The first-order valence-electron chi connectivity index (χ1n) is 8.34. The zero-order valence-electron chi connectivity index (χ0n) is 15.8. The van der Waals surface area contributed by atoms with Gasteiger partial charge in [0.05, 0.1) is 40.7 Å². The van der Waals surface area contributed by atoms with E-state index in [4.69, 9.17) is 50.1 Å². The van der Waals surface area contributed by atoms with Gasteiger partial charge in [-0.15, -0.1) is 10.2 Å². The van der Waals surface area contributed by atoms with Gasteiger partial charge in [0.25, 0.3) is 0 Å². The Labute approximate surface area is 191 Å². The van der Waals surface area contributed by atoms with Gasteiger partial charge in [0.2, 0.25) is 11.1 Å². The number of rotatable bonds is 7. The number of ether oxygens (including phenoxy) is 2. The highest BCUT2D eigenvalue weighted by molar-refractivity contribution is 7.99. The van der Waals surface area contributed by atoms with E-state index < -0.39 is 0 Å². The quantitative estimate of drug-likeness (QED) is 0.289. The molecule has 2 aromatic carbocycles. The van der Waals surface area contributed by atoms with Gasteiger partial charge in [-0.1, -0.05) is 46.6 Å². The van der Waals surface area contributed by atoms with E-state index in [2.05, 4.69) is 15.5 Å². The topological polar surface area (TPSA) is 104 Å². The molecule has 1 heterocycles. The molecule has 8 nitrogen and oxygen atoms in total. The van der Waals surface area contributed by atoms with Crippen LogP contribution in [0.15, 0.2) is 35.5 Å². The number of methoxy groups -OCH3 is 2. The Morgan fingerprint density at radius 2 is 1.77 bits per heavy atom. The number of hydrogen-bond acceptors (Lipinski definition) is 7. The maximum atomic E-state index is 12.3. The van der Waals surface area contributed by atoms with Crippen molar-refractivity contribution in [2.75, 3.05) is 31.1 Å². The molecule has 3 N–H and O–H groups in total. The summed E-state index contributed by atoms with van der Waals surface area (Å²) in [5.74, 6) is 7.33. The molecule has 0 saturated heterocycles. The van der Waals surface area contributed by atoms with E-state index in [1.165, 1.54) is 23.9 Å². The lowest BCUT2D eigenvalue weighted by Gasteiger charge is -2.10. The van der Waals surface area contributed by atoms with Crippen molar-refractivity contribution in [3.63, 3.8) is 0 Å². The monoisotopic (exact) mass is 487 g/mol. The molecule has 158 valence electrons. The number of nitrogens with two attached hydrogens (primary N) is 1. The summed E-state index contributed by atoms with van der Waals surface area (Å²) in [5, 5.41) is 12.0. The lowest BCUT2D eigenvalue weighted by molar-refractivity contribution is -0.113. The number of anilines is 1. The van der Waals surface area contributed by atoms with Crippen LogP contribution in [0.25, 0.3) is 11.4 Å². The van der Waals surface area contributed by atoms with Crippen molar-refractivity contribution < 1.29 is 14.3 Å². The Hall–Kier alpha value is -2.33. The molecule has 1 amide bonds. The number of aromatic nitrogens is 3. The Bertz CT molecular complexity index is 1090. The van der Waals surface area contributed by atoms with E-state index in [9.17, 15) is 4.79 Å². The van der Waals surface area contributed by atoms with Crippen LogP contribution in [0.1, 0.15) is 0 Å². The van der Waals surface area contributed by atoms with E-state index in [-0.39, 0.29) is 21.7 Å². The summed E-state index contributed by atoms with van der Waals surface area (Å²) in [5.41, 5.74) is 1.04. The van der Waals surface area contributed by atoms with Gasteiger partial charge >= 0.3 is 0 Å². The number of nitrogens with zero attached hydrogens (tertiary/aromatic N) is 3. The van der Waals surface area contributed by atoms with E-state index in [0.717, 1.165) is 11.8 Å². The molecular formula is C18H16Cl3N5O3S. The van der Waals surface area contributed by atoms with Crippen molar-refractivity contribution in [1.29, 1.82) is 0 Å². The zero-order chi connectivity index (χ0) is 21.8. The molecule has 0 aliphatic carbocycles. The lowest BCUT2D eigenvalue weighted by atomic mass is 10.2. The van der Waals surface area contributed by atoms with Crippen LogP contribution in [0.5, 0.6) is 11.5 Å². The largest absolute Gasteiger partial charge is 0.493 e. The number of nitrogens with one attached hydrogen (secondary N) is 1. The molecule has 0 aliphatic rings. The molecule has 30 heavy (non-hydrogen) atoms. The summed E-state index contributed by atoms with van der Waals surface area (Å²) in [6.07, 6.45) is 0. The van der Waals surface area contributed by atoms with E-state index in [0.29, 0.717) is 38.8 Å². The van der Waals surface area contributed by atoms with Gasteiger partial charge in [-0.05, 0) is 30.3 Å². The lowest BCUT2D eigenvalue weighted by Crippen LogP contribution is -2.16. The highest BCUT2D eigenvalue weighted by Gasteiger charge is 2.16. The molecule has 0 atom stereocenters. The number of benzene rings is 2. The summed E-state index contributed by atoms with van der Waals surface area (Å²) in [7, 11) is 3.09. The molecule has 0 fully saturated rings. The number of amides is 1. The van der Waals surface area contributed by atoms with E-state index in [1.807, 2.05) is 0 Å². The third-order valence-corrected chi connectivity index (χ3v) is 5.90. The van der Waals surface area contributed by atoms with Crippen molar-refractivity contribution in [1.82, 2.24) is 14.9 Å². The molecule has 0 bridgehead atoms. The van der Waals surface area contributed by atoms with Crippen molar-refractivity contribution in [2.24, 2.45) is 0 Å². The molecule has 0 spiro atoms. The predicted molar refractivity (Wildman–Crippen MR) is 120 cm³/mol. The van der Waals surface area contributed by atoms with Crippen LogP contribution in [0.2, 0.25) is 15.1 Å². The summed E-state index contributed by atoms with van der Waals surface area (Å²) < 4.78 is 11.8. The van der Waals surface area contributed by atoms with Gasteiger partial charge in [-0.25, -0.2) is 4.68 Å². The van der Waals surface area contributed by atoms with Crippen LogP contribution in [-0.4, -0.2) is 40.8 Å². The first kappa shape index (κ1) is 22.4. The molecule has 3 aromatic rings. The maximum Gasteiger partial charge on any atom is 0.234 e. The van der Waals surface area contributed by atoms with Crippen molar-refractivity contribution in [2.45, 2.75) is 5.16 Å². The van der Waals surface area contributed by atoms with Crippen LogP contribution in [0.4, 0.5) is 5.69 Å². The van der Waals surface area contributed by atoms with Crippen LogP contribution in [0, 0.1) is 0 Å². The van der Waals surface area contributed by atoms with Crippen molar-refractivity contribution >= 4 is 58.2 Å². The highest BCUT2D eigenvalue weighted by Crippen LogP contribution is 2.33. The molecule has 3 rings (SSSR count). The molecule has 0 saturated carbocycles. The number of carbonyl (C=O) groups is 1. The number of hydrogen-bond donors (Lipinski definition) is 2. The molecule has 0 unspecified atom stereocenters. The Morgan fingerprint density at radius 3 is 2.47 bits per heavy atom. The van der Waals surface area contributed by atoms with Crippen molar-refractivity contribution in [3.05, 3.63) is 45.4 Å². The van der Waals surface area contributed by atoms with Gasteiger partial charge in [0.1, 0.15) is 0 Å². The molecular weight excluding hydrogens is 473 g/mol. The fourth-order valence-electron chi connectivity index (χ4n) is 2.48. The third-order valence-electron chi connectivity index (χ3n) is 3.92. The Morgan fingerprint density at radius 1 is 1.07 bits per heavy atom. The standard InChI is InChI=1S/C18H16Cl3N5O3S/c1-28-14-4-3-9(5-15(14)29-2)17-24-25-18(26(17)22)30-8-16(27)23-13-7-11(20)10(19)6-12(13)21/h3-7H,8,22H2,1-2H3,(H,23,27). The van der Waals surface area contributed by atoms with E-state index in [1.54, 1.807) is 25.3 Å². The van der Waals surface area contributed by atoms with Gasteiger partial charge in [-0.3, -0.25) is 4.79 Å². The normalized spacial score (nSPS) is 10.7. The molecule has 0 radical (unpaired) electrons. The van der Waals surface area contributed by atoms with Crippen LogP contribution < -0.4 is 20.6 Å². The highest BCUT2D eigenvalue weighted by atomic mass is 35.5. The second-order valence-electron chi connectivity index (χ2n) is 5.83. The number of carbonyl (C=O) groups excluding carboxylic acids is 1. The first-order valence-corrected chi connectivity index (χ1v) is 10.5. The zero-order valence-corrected chi connectivity index (χ0v) is 18.9. The predicted octanol–water partition coefficient (Wildman–Crippen LogP) is 4.37. The molecule has 0 aliphatic heterocycles. The Balaban J connectivity index is 1.70. The minimum Gasteiger partial charge on any atom is -0.493 e. The Kier molecular flexibility index (Phi) is 7.19. The fourth-order valence-corrected chi connectivity index (χ4v) is 3.73. The molecule has 1 aromatic heterocycles. The second-order valence-corrected chi connectivity index (χ2v) is 7.99. The minimum absolute atomic E-state index is 0.0256. The third kappa shape index (κ3) is 4.86. The second kappa shape index (κ2) is 9.65. The summed E-state index contributed by atoms with van der Waals surface area (Å²) in [4.78, 5) is 12.3. The molecule has 12 heteroatoms. The fraction of sp³-hybridized carbons (Fsp3) is 0.167. The van der Waals surface area contributed by atoms with Gasteiger partial charge in [0.15, 0.2) is 17.3 Å². The number of nitrogen functional groups attached to an aromatic ring is 1. The summed E-state index contributed by atoms with van der Waals surface area (Å²) in [6, 6.07) is 8.20. The smallest absolute Gasteiger partial charge is 0.234 e. The van der Waals surface area contributed by atoms with Gasteiger partial charge in [-0.2, -0.15) is 0 Å². The van der Waals surface area contributed by atoms with Gasteiger partial charge in [0, 0.05) is 5.56 Å². The van der Waals surface area contributed by atoms with Crippen LogP contribution >= 0.6 is 46.6 Å². The summed E-state index contributed by atoms with van der Waals surface area (Å²) in [6.45, 7) is 0. The van der Waals surface area contributed by atoms with Gasteiger partial charge < -0.3 is 20.6 Å². The SMILES string of the molecule is COc1ccc(-c2nnc(SCC(=O)Nc3cc(Cl)c(Cl)cc3Cl)n2N)cc1OC. The van der Waals surface area contributed by atoms with Crippen molar-refractivity contribution in [3.8, 4) is 22.9 Å². The van der Waals surface area contributed by atoms with E-state index >= 15 is 0 Å². The first-order chi connectivity index (χ1) is 14.3. The number of halogens is 3. The van der Waals surface area contributed by atoms with Crippen LogP contribution in [-0.2, 0) is 4.79 Å². The summed E-state index contributed by atoms with van der Waals surface area (Å²) >= 11 is 19.0. The average molecular weight is 489 g/mol.